The summed E-state index contributed by atoms with van der Waals surface area (Å²) in [5.41, 5.74) is 0.517. The highest BCUT2D eigenvalue weighted by Crippen LogP contribution is 2.19. The number of sulfonamides is 1. The Hall–Kier alpha value is -2.79. The monoisotopic (exact) mass is 421 g/mol. The van der Waals surface area contributed by atoms with Gasteiger partial charge in [-0.2, -0.15) is 0 Å². The van der Waals surface area contributed by atoms with E-state index in [2.05, 4.69) is 20.2 Å². The number of nitrogens with zero attached hydrogens (tertiary/aromatic N) is 3. The maximum absolute atomic E-state index is 12.3. The van der Waals surface area contributed by atoms with Crippen molar-refractivity contribution in [3.05, 3.63) is 48.5 Å². The van der Waals surface area contributed by atoms with Gasteiger partial charge in [0.1, 0.15) is 5.76 Å². The zero-order valence-corrected chi connectivity index (χ0v) is 16.9. The van der Waals surface area contributed by atoms with E-state index in [1.165, 1.54) is 42.1 Å². The van der Waals surface area contributed by atoms with Crippen molar-refractivity contribution in [1.82, 2.24) is 14.7 Å². The highest BCUT2D eigenvalue weighted by Gasteiger charge is 2.16. The molecule has 28 heavy (non-hydrogen) atoms. The molecule has 0 aliphatic heterocycles. The van der Waals surface area contributed by atoms with Crippen LogP contribution < -0.4 is 10.0 Å². The van der Waals surface area contributed by atoms with Crippen LogP contribution in [0, 0.1) is 6.92 Å². The number of imidazole rings is 1. The molecule has 2 aromatic heterocycles. The molecule has 0 aliphatic rings. The van der Waals surface area contributed by atoms with E-state index in [0.717, 1.165) is 5.16 Å². The van der Waals surface area contributed by atoms with E-state index in [1.807, 2.05) is 17.8 Å². The molecule has 0 saturated carbocycles. The zero-order chi connectivity index (χ0) is 20.1. The number of carbonyl (C=O) groups excluding carboxylic acids is 1. The second-order valence-corrected chi connectivity index (χ2v) is 8.66. The number of carbonyl (C=O) groups is 1. The smallest absolute Gasteiger partial charge is 0.263 e. The molecule has 0 atom stereocenters. The third kappa shape index (κ3) is 5.14. The van der Waals surface area contributed by atoms with Gasteiger partial charge in [0.25, 0.3) is 10.0 Å². The number of aromatic nitrogens is 3. The summed E-state index contributed by atoms with van der Waals surface area (Å²) in [5.74, 6) is 1.04. The van der Waals surface area contributed by atoms with Crippen molar-refractivity contribution in [1.29, 1.82) is 0 Å². The molecular formula is C17H19N5O4S2. The number of hydrogen-bond acceptors (Lipinski definition) is 7. The van der Waals surface area contributed by atoms with Gasteiger partial charge in [0.15, 0.2) is 11.0 Å². The Balaban J connectivity index is 1.53. The Morgan fingerprint density at radius 1 is 1.29 bits per heavy atom. The Morgan fingerprint density at radius 3 is 2.64 bits per heavy atom. The summed E-state index contributed by atoms with van der Waals surface area (Å²) in [6.07, 6.45) is 3.86. The molecule has 1 aromatic carbocycles. The Bertz CT molecular complexity index is 1060. The van der Waals surface area contributed by atoms with Crippen molar-refractivity contribution in [2.24, 2.45) is 7.05 Å². The second kappa shape index (κ2) is 8.48. The minimum absolute atomic E-state index is 0.0523. The van der Waals surface area contributed by atoms with Crippen molar-refractivity contribution in [3.8, 4) is 0 Å². The van der Waals surface area contributed by atoms with Gasteiger partial charge in [0, 0.05) is 43.4 Å². The van der Waals surface area contributed by atoms with Crippen LogP contribution in [0.25, 0.3) is 0 Å². The summed E-state index contributed by atoms with van der Waals surface area (Å²) in [4.78, 5) is 16.3. The molecule has 2 heterocycles. The first-order valence-electron chi connectivity index (χ1n) is 8.30. The Labute approximate surface area is 166 Å². The minimum Gasteiger partial charge on any atom is -0.360 e. The molecule has 9 nitrogen and oxygen atoms in total. The number of anilines is 2. The SMILES string of the molecule is Cc1cc(NS(=O)(=O)c2ccc(NC(=O)CCSc3nccn3C)cc2)no1. The molecule has 2 N–H and O–H groups in total. The van der Waals surface area contributed by atoms with Gasteiger partial charge in [-0.05, 0) is 31.2 Å². The number of amides is 1. The van der Waals surface area contributed by atoms with Crippen molar-refractivity contribution < 1.29 is 17.7 Å². The lowest BCUT2D eigenvalue weighted by atomic mass is 10.3. The Kier molecular flexibility index (Phi) is 6.05. The molecule has 1 amide bonds. The lowest BCUT2D eigenvalue weighted by molar-refractivity contribution is -0.115. The van der Waals surface area contributed by atoms with E-state index in [1.54, 1.807) is 13.1 Å². The van der Waals surface area contributed by atoms with Crippen LogP contribution in [0.1, 0.15) is 12.2 Å². The fraction of sp³-hybridized carbons (Fsp3) is 0.235. The van der Waals surface area contributed by atoms with Gasteiger partial charge < -0.3 is 14.4 Å². The predicted molar refractivity (Wildman–Crippen MR) is 106 cm³/mol. The summed E-state index contributed by atoms with van der Waals surface area (Å²) in [6, 6.07) is 7.37. The van der Waals surface area contributed by atoms with Crippen molar-refractivity contribution >= 4 is 39.2 Å². The van der Waals surface area contributed by atoms with E-state index in [9.17, 15) is 13.2 Å². The summed E-state index contributed by atoms with van der Waals surface area (Å²) in [6.45, 7) is 1.66. The number of aryl methyl sites for hydroxylation is 2. The number of hydrogen-bond donors (Lipinski definition) is 2. The molecule has 3 aromatic rings. The second-order valence-electron chi connectivity index (χ2n) is 5.92. The van der Waals surface area contributed by atoms with Gasteiger partial charge in [-0.3, -0.25) is 9.52 Å². The molecule has 0 saturated heterocycles. The van der Waals surface area contributed by atoms with Crippen LogP contribution in [0.5, 0.6) is 0 Å². The lowest BCUT2D eigenvalue weighted by Crippen LogP contribution is -2.14. The van der Waals surface area contributed by atoms with Crippen molar-refractivity contribution in [3.63, 3.8) is 0 Å². The van der Waals surface area contributed by atoms with E-state index in [4.69, 9.17) is 4.52 Å². The highest BCUT2D eigenvalue weighted by atomic mass is 32.2. The van der Waals surface area contributed by atoms with Gasteiger partial charge in [0.2, 0.25) is 5.91 Å². The van der Waals surface area contributed by atoms with Gasteiger partial charge in [-0.15, -0.1) is 0 Å². The van der Waals surface area contributed by atoms with E-state index in [0.29, 0.717) is 23.6 Å². The molecule has 0 bridgehead atoms. The number of benzene rings is 1. The van der Waals surface area contributed by atoms with Crippen LogP contribution in [-0.4, -0.2) is 34.8 Å². The summed E-state index contributed by atoms with van der Waals surface area (Å²) in [5, 5.41) is 7.20. The average Bonchev–Trinajstić information content (AvgIpc) is 3.23. The van der Waals surface area contributed by atoms with Crippen LogP contribution in [0.15, 0.2) is 57.3 Å². The first-order valence-corrected chi connectivity index (χ1v) is 10.8. The van der Waals surface area contributed by atoms with Crippen molar-refractivity contribution in [2.45, 2.75) is 23.4 Å². The minimum atomic E-state index is -3.79. The first kappa shape index (κ1) is 20.0. The maximum Gasteiger partial charge on any atom is 0.263 e. The topological polar surface area (TPSA) is 119 Å². The molecule has 0 spiro atoms. The fourth-order valence-electron chi connectivity index (χ4n) is 2.28. The zero-order valence-electron chi connectivity index (χ0n) is 15.2. The summed E-state index contributed by atoms with van der Waals surface area (Å²) < 4.78 is 33.7. The maximum atomic E-state index is 12.3. The van der Waals surface area contributed by atoms with Crippen LogP contribution >= 0.6 is 11.8 Å². The molecule has 0 radical (unpaired) electrons. The average molecular weight is 422 g/mol. The summed E-state index contributed by atoms with van der Waals surface area (Å²) in [7, 11) is -1.89. The van der Waals surface area contributed by atoms with Crippen molar-refractivity contribution in [2.75, 3.05) is 15.8 Å². The quantitative estimate of drug-likeness (QED) is 0.537. The number of thioether (sulfide) groups is 1. The predicted octanol–water partition coefficient (Wildman–Crippen LogP) is 2.64. The van der Waals surface area contributed by atoms with E-state index < -0.39 is 10.0 Å². The van der Waals surface area contributed by atoms with E-state index >= 15 is 0 Å². The number of nitrogens with one attached hydrogen (secondary N) is 2. The molecule has 11 heteroatoms. The molecule has 0 unspecified atom stereocenters. The highest BCUT2D eigenvalue weighted by molar-refractivity contribution is 7.99. The molecule has 0 fully saturated rings. The first-order chi connectivity index (χ1) is 13.3. The molecule has 148 valence electrons. The third-order valence-electron chi connectivity index (χ3n) is 3.65. The lowest BCUT2D eigenvalue weighted by Gasteiger charge is -2.08. The van der Waals surface area contributed by atoms with Gasteiger partial charge in [-0.25, -0.2) is 13.4 Å². The fourth-order valence-corrected chi connectivity index (χ4v) is 4.13. The molecule has 0 aliphatic carbocycles. The van der Waals surface area contributed by atoms with Crippen LogP contribution in [0.4, 0.5) is 11.5 Å². The van der Waals surface area contributed by atoms with Gasteiger partial charge in [0.05, 0.1) is 4.90 Å². The third-order valence-corrected chi connectivity index (χ3v) is 6.08. The Morgan fingerprint density at radius 2 is 2.04 bits per heavy atom. The van der Waals surface area contributed by atoms with E-state index in [-0.39, 0.29) is 16.6 Å². The molecular weight excluding hydrogens is 402 g/mol. The molecule has 3 rings (SSSR count). The van der Waals surface area contributed by atoms with Crippen LogP contribution in [0.3, 0.4) is 0 Å². The standard InChI is InChI=1S/C17H19N5O4S2/c1-12-11-15(20-26-12)21-28(24,25)14-5-3-13(4-6-14)19-16(23)7-10-27-17-18-8-9-22(17)2/h3-6,8-9,11H,7,10H2,1-2H3,(H,19,23)(H,20,21). The largest absolute Gasteiger partial charge is 0.360 e. The number of rotatable bonds is 8. The van der Waals surface area contributed by atoms with Crippen LogP contribution in [0.2, 0.25) is 0 Å². The van der Waals surface area contributed by atoms with Gasteiger partial charge >= 0.3 is 0 Å². The van der Waals surface area contributed by atoms with Crippen LogP contribution in [-0.2, 0) is 21.9 Å². The normalized spacial score (nSPS) is 11.4. The summed E-state index contributed by atoms with van der Waals surface area (Å²) >= 11 is 1.49. The van der Waals surface area contributed by atoms with Gasteiger partial charge in [-0.1, -0.05) is 16.9 Å².